The van der Waals surface area contributed by atoms with Gasteiger partial charge in [-0.25, -0.2) is 23.1 Å². The van der Waals surface area contributed by atoms with Crippen LogP contribution in [-0.4, -0.2) is 101 Å². The number of amides is 3. The van der Waals surface area contributed by atoms with Gasteiger partial charge in [0.15, 0.2) is 11.3 Å². The molecule has 4 aliphatic rings. The Morgan fingerprint density at radius 3 is 2.48 bits per heavy atom. The van der Waals surface area contributed by atoms with E-state index in [1.165, 1.54) is 10.7 Å². The molecule has 1 aromatic carbocycles. The maximum atomic E-state index is 14.3. The summed E-state index contributed by atoms with van der Waals surface area (Å²) in [6, 6.07) is 7.02. The Hall–Kier alpha value is -5.49. The van der Waals surface area contributed by atoms with E-state index in [0.717, 1.165) is 94.0 Å². The van der Waals surface area contributed by atoms with E-state index in [-0.39, 0.29) is 47.5 Å². The summed E-state index contributed by atoms with van der Waals surface area (Å²) in [4.78, 5) is 60.7. The van der Waals surface area contributed by atoms with Crippen LogP contribution in [0.2, 0.25) is 0 Å². The van der Waals surface area contributed by atoms with Gasteiger partial charge in [-0.2, -0.15) is 10.2 Å². The molecule has 336 valence electrons. The summed E-state index contributed by atoms with van der Waals surface area (Å²) < 4.78 is 40.8. The number of aryl methyl sites for hydroxylation is 2. The summed E-state index contributed by atoms with van der Waals surface area (Å²) in [5.74, 6) is 0.553. The average molecular weight is 870 g/mol. The van der Waals surface area contributed by atoms with Crippen molar-refractivity contribution in [1.82, 2.24) is 43.7 Å². The Morgan fingerprint density at radius 1 is 0.984 bits per heavy atom. The standard InChI is InChI=1S/C45H57F2N11O5/c1-27-23-55(24-28(2)63-27)37-18-21-56-42(50-37)33(22-48-56)43(60)49-34-26-57(52-39(34)41(46)47)32-12-10-30(11-13-32)25-54-19-16-29(17-20-54)6-4-7-31-8-5-9-35-40(31)53(3)45(62)58(35)36-14-15-38(59)51-44(36)61/h5,8-9,18,21-22,26-30,32,36,41H,4,6-7,10-17,19-20,23-25H2,1-3H3,(H,49,60)(H,51,59,61)/t27-,28+,30-,32-,36?. The number of anilines is 2. The van der Waals surface area contributed by atoms with Gasteiger partial charge in [0.1, 0.15) is 17.4 Å². The zero-order chi connectivity index (χ0) is 43.9. The highest BCUT2D eigenvalue weighted by molar-refractivity contribution is 6.08. The fourth-order valence-electron chi connectivity index (χ4n) is 10.5. The molecule has 16 nitrogen and oxygen atoms in total. The molecule has 5 aromatic rings. The van der Waals surface area contributed by atoms with Crippen LogP contribution in [0, 0.1) is 11.8 Å². The number of imidazole rings is 1. The first-order chi connectivity index (χ1) is 30.4. The minimum Gasteiger partial charge on any atom is -0.372 e. The van der Waals surface area contributed by atoms with Gasteiger partial charge < -0.3 is 19.9 Å². The Kier molecular flexibility index (Phi) is 12.2. The lowest BCUT2D eigenvalue weighted by atomic mass is 9.84. The van der Waals surface area contributed by atoms with Crippen molar-refractivity contribution in [2.45, 2.75) is 115 Å². The molecule has 3 aliphatic heterocycles. The number of imide groups is 1. The van der Waals surface area contributed by atoms with E-state index in [4.69, 9.17) is 9.72 Å². The number of nitrogens with zero attached hydrogens (tertiary/aromatic N) is 9. The Morgan fingerprint density at radius 2 is 1.75 bits per heavy atom. The van der Waals surface area contributed by atoms with E-state index >= 15 is 0 Å². The highest BCUT2D eigenvalue weighted by atomic mass is 19.3. The van der Waals surface area contributed by atoms with E-state index in [0.29, 0.717) is 42.8 Å². The van der Waals surface area contributed by atoms with Crippen molar-refractivity contribution in [2.24, 2.45) is 18.9 Å². The molecule has 7 heterocycles. The molecule has 3 atom stereocenters. The number of piperidine rings is 2. The van der Waals surface area contributed by atoms with Gasteiger partial charge in [0.05, 0.1) is 41.2 Å². The van der Waals surface area contributed by atoms with Crippen molar-refractivity contribution in [3.8, 4) is 0 Å². The molecule has 0 spiro atoms. The average Bonchev–Trinajstić information content (AvgIpc) is 3.96. The van der Waals surface area contributed by atoms with Crippen molar-refractivity contribution in [3.05, 3.63) is 70.2 Å². The maximum absolute atomic E-state index is 14.3. The van der Waals surface area contributed by atoms with Crippen LogP contribution in [0.1, 0.15) is 118 Å². The van der Waals surface area contributed by atoms with Gasteiger partial charge >= 0.3 is 5.69 Å². The minimum atomic E-state index is -2.86. The largest absolute Gasteiger partial charge is 0.372 e. The second kappa shape index (κ2) is 17.9. The first kappa shape index (κ1) is 42.8. The van der Waals surface area contributed by atoms with Gasteiger partial charge in [-0.1, -0.05) is 18.6 Å². The fourth-order valence-corrected chi connectivity index (χ4v) is 10.5. The van der Waals surface area contributed by atoms with E-state index in [9.17, 15) is 28.0 Å². The molecule has 1 saturated carbocycles. The van der Waals surface area contributed by atoms with E-state index in [1.54, 1.807) is 33.3 Å². The van der Waals surface area contributed by atoms with Crippen LogP contribution in [0.5, 0.6) is 0 Å². The highest BCUT2D eigenvalue weighted by Crippen LogP contribution is 2.36. The Bertz CT molecular complexity index is 2540. The van der Waals surface area contributed by atoms with Gasteiger partial charge in [-0.15, -0.1) is 0 Å². The molecule has 4 aromatic heterocycles. The van der Waals surface area contributed by atoms with Crippen LogP contribution in [-0.2, 0) is 27.8 Å². The number of hydrogen-bond acceptors (Lipinski definition) is 10. The number of morpholine rings is 1. The number of carbonyl (C=O) groups is 3. The molecule has 0 radical (unpaired) electrons. The number of nitrogens with one attached hydrogen (secondary N) is 2. The number of hydrogen-bond donors (Lipinski definition) is 2. The van der Waals surface area contributed by atoms with Crippen LogP contribution in [0.15, 0.2) is 47.7 Å². The zero-order valence-corrected chi connectivity index (χ0v) is 36.2. The highest BCUT2D eigenvalue weighted by Gasteiger charge is 2.33. The molecule has 2 N–H and O–H groups in total. The van der Waals surface area contributed by atoms with Gasteiger partial charge in [-0.3, -0.25) is 33.5 Å². The van der Waals surface area contributed by atoms with Gasteiger partial charge in [-0.05, 0) is 114 Å². The Labute approximate surface area is 363 Å². The molecular weight excluding hydrogens is 813 g/mol. The lowest BCUT2D eigenvalue weighted by Gasteiger charge is -2.36. The minimum absolute atomic E-state index is 0.00197. The third-order valence-electron chi connectivity index (χ3n) is 13.7. The summed E-state index contributed by atoms with van der Waals surface area (Å²) in [5, 5.41) is 13.7. The molecule has 3 saturated heterocycles. The fraction of sp³-hybridized carbons (Fsp3) is 0.578. The SMILES string of the molecule is C[C@@H]1CN(c2ccn3ncc(C(=O)Nc4cn([C@H]5CC[C@H](CN6CCC(CCCc7cccc8c7n(C)c(=O)n8C7CCC(=O)NC7=O)CC6)CC5)nc4C(F)F)c3n2)C[C@H](C)O1. The van der Waals surface area contributed by atoms with Crippen LogP contribution in [0.25, 0.3) is 16.7 Å². The number of aromatic nitrogens is 7. The van der Waals surface area contributed by atoms with Crippen LogP contribution >= 0.6 is 0 Å². The van der Waals surface area contributed by atoms with Crippen LogP contribution < -0.4 is 21.2 Å². The van der Waals surface area contributed by atoms with Crippen LogP contribution in [0.4, 0.5) is 20.3 Å². The summed E-state index contributed by atoms with van der Waals surface area (Å²) in [7, 11) is 1.75. The molecule has 63 heavy (non-hydrogen) atoms. The van der Waals surface area contributed by atoms with Gasteiger partial charge in [0.25, 0.3) is 12.3 Å². The smallest absolute Gasteiger partial charge is 0.329 e. The summed E-state index contributed by atoms with van der Waals surface area (Å²) in [6.07, 6.45) is 11.3. The van der Waals surface area contributed by atoms with Crippen molar-refractivity contribution in [2.75, 3.05) is 42.9 Å². The topological polar surface area (TPSA) is 166 Å². The molecule has 18 heteroatoms. The number of carbonyl (C=O) groups excluding carboxylic acids is 3. The van der Waals surface area contributed by atoms with Crippen molar-refractivity contribution < 1.29 is 27.9 Å². The second-order valence-electron chi connectivity index (χ2n) is 18.2. The van der Waals surface area contributed by atoms with Gasteiger partial charge in [0.2, 0.25) is 11.8 Å². The van der Waals surface area contributed by atoms with Crippen molar-refractivity contribution >= 4 is 45.9 Å². The molecule has 1 aliphatic carbocycles. The third-order valence-corrected chi connectivity index (χ3v) is 13.7. The number of fused-ring (bicyclic) bond motifs is 2. The predicted molar refractivity (Wildman–Crippen MR) is 232 cm³/mol. The first-order valence-corrected chi connectivity index (χ1v) is 22.6. The number of rotatable bonds is 12. The van der Waals surface area contributed by atoms with Crippen molar-refractivity contribution in [3.63, 3.8) is 0 Å². The molecular formula is C45H57F2N11O5. The van der Waals surface area contributed by atoms with Crippen molar-refractivity contribution in [1.29, 1.82) is 0 Å². The lowest BCUT2D eigenvalue weighted by molar-refractivity contribution is -0.135. The monoisotopic (exact) mass is 869 g/mol. The summed E-state index contributed by atoms with van der Waals surface area (Å²) >= 11 is 0. The molecule has 1 unspecified atom stereocenters. The third kappa shape index (κ3) is 8.88. The zero-order valence-electron chi connectivity index (χ0n) is 36.2. The number of alkyl halides is 2. The van der Waals surface area contributed by atoms with E-state index < -0.39 is 30.0 Å². The Balaban J connectivity index is 0.750. The first-order valence-electron chi connectivity index (χ1n) is 22.6. The molecule has 0 bridgehead atoms. The second-order valence-corrected chi connectivity index (χ2v) is 18.2. The van der Waals surface area contributed by atoms with E-state index in [2.05, 4.69) is 36.7 Å². The quantitative estimate of drug-likeness (QED) is 0.146. The summed E-state index contributed by atoms with van der Waals surface area (Å²) in [6.45, 7) is 8.46. The number of benzene rings is 1. The normalized spacial score (nSPS) is 24.2. The van der Waals surface area contributed by atoms with Gasteiger partial charge in [0, 0.05) is 45.5 Å². The van der Waals surface area contributed by atoms with E-state index in [1.807, 2.05) is 32.0 Å². The number of para-hydroxylation sites is 1. The van der Waals surface area contributed by atoms with Crippen LogP contribution in [0.3, 0.4) is 0 Å². The molecule has 3 amide bonds. The number of ether oxygens (including phenoxy) is 1. The molecule has 9 rings (SSSR count). The maximum Gasteiger partial charge on any atom is 0.329 e. The molecule has 4 fully saturated rings. The number of halogens is 2. The summed E-state index contributed by atoms with van der Waals surface area (Å²) in [5.41, 5.74) is 2.52. The number of likely N-dealkylation sites (tertiary alicyclic amines) is 1. The predicted octanol–water partition coefficient (Wildman–Crippen LogP) is 5.83. The lowest BCUT2D eigenvalue weighted by Crippen LogP contribution is -2.45.